The van der Waals surface area contributed by atoms with E-state index >= 15 is 0 Å². The van der Waals surface area contributed by atoms with Gasteiger partial charge in [-0.1, -0.05) is 6.08 Å². The van der Waals surface area contributed by atoms with Gasteiger partial charge >= 0.3 is 0 Å². The summed E-state index contributed by atoms with van der Waals surface area (Å²) < 4.78 is 0. The minimum absolute atomic E-state index is 0.118. The van der Waals surface area contributed by atoms with Crippen LogP contribution in [0.15, 0.2) is 11.8 Å². The largest absolute Gasteiger partial charge is 0.389 e. The second kappa shape index (κ2) is 9.47. The lowest BCUT2D eigenvalue weighted by Crippen LogP contribution is -2.45. The Balaban J connectivity index is 3.88. The number of nitrogens with one attached hydrogen (secondary N) is 3. The maximum atomic E-state index is 11.6. The highest BCUT2D eigenvalue weighted by molar-refractivity contribution is 5.86. The second-order valence-corrected chi connectivity index (χ2v) is 4.07. The zero-order valence-corrected chi connectivity index (χ0v) is 11.4. The molecule has 0 saturated carbocycles. The van der Waals surface area contributed by atoms with Gasteiger partial charge in [0, 0.05) is 12.2 Å². The predicted octanol–water partition coefficient (Wildman–Crippen LogP) is -0.531. The standard InChI is InChI=1S/C12H24N4O2/c1-4-9(2)15-7-5-6-10(14-3)12(18)16-8-11(13)17/h4,10,14-15H,5-8H2,1-3H3,(H2,13,17)(H,16,18)/b9-4-. The van der Waals surface area contributed by atoms with Crippen LogP contribution in [-0.2, 0) is 9.59 Å². The van der Waals surface area contributed by atoms with E-state index in [0.29, 0.717) is 6.42 Å². The number of hydrogen-bond acceptors (Lipinski definition) is 4. The van der Waals surface area contributed by atoms with E-state index in [1.165, 1.54) is 0 Å². The SMILES string of the molecule is C/C=C(/C)NCCCC(NC)C(=O)NCC(N)=O. The molecule has 0 aliphatic rings. The first-order valence-corrected chi connectivity index (χ1v) is 6.11. The lowest BCUT2D eigenvalue weighted by atomic mass is 10.1. The number of carbonyl (C=O) groups is 2. The van der Waals surface area contributed by atoms with Gasteiger partial charge in [0.15, 0.2) is 0 Å². The first-order valence-electron chi connectivity index (χ1n) is 6.11. The van der Waals surface area contributed by atoms with E-state index in [1.807, 2.05) is 19.9 Å². The van der Waals surface area contributed by atoms with Crippen LogP contribution in [0.25, 0.3) is 0 Å². The van der Waals surface area contributed by atoms with Crippen LogP contribution in [0, 0.1) is 0 Å². The van der Waals surface area contributed by atoms with Crippen molar-refractivity contribution in [3.63, 3.8) is 0 Å². The molecule has 0 heterocycles. The number of hydrogen-bond donors (Lipinski definition) is 4. The third-order valence-electron chi connectivity index (χ3n) is 2.61. The molecule has 18 heavy (non-hydrogen) atoms. The van der Waals surface area contributed by atoms with Crippen LogP contribution in [-0.4, -0.2) is 38.0 Å². The van der Waals surface area contributed by atoms with Crippen LogP contribution >= 0.6 is 0 Å². The van der Waals surface area contributed by atoms with Gasteiger partial charge in [-0.2, -0.15) is 0 Å². The molecule has 0 aromatic carbocycles. The van der Waals surface area contributed by atoms with Crippen LogP contribution in [0.3, 0.4) is 0 Å². The number of amides is 2. The van der Waals surface area contributed by atoms with Crippen LogP contribution in [0.2, 0.25) is 0 Å². The van der Waals surface area contributed by atoms with Crippen molar-refractivity contribution < 1.29 is 9.59 Å². The van der Waals surface area contributed by atoms with E-state index in [1.54, 1.807) is 7.05 Å². The Morgan fingerprint density at radius 3 is 2.50 bits per heavy atom. The van der Waals surface area contributed by atoms with Gasteiger partial charge in [-0.25, -0.2) is 0 Å². The third-order valence-corrected chi connectivity index (χ3v) is 2.61. The summed E-state index contributed by atoms with van der Waals surface area (Å²) in [6, 6.07) is -0.294. The van der Waals surface area contributed by atoms with E-state index < -0.39 is 5.91 Å². The summed E-state index contributed by atoms with van der Waals surface area (Å²) in [7, 11) is 1.72. The van der Waals surface area contributed by atoms with Gasteiger partial charge < -0.3 is 21.7 Å². The van der Waals surface area contributed by atoms with E-state index in [4.69, 9.17) is 5.73 Å². The van der Waals surface area contributed by atoms with Crippen molar-refractivity contribution in [2.24, 2.45) is 5.73 Å². The smallest absolute Gasteiger partial charge is 0.237 e. The average Bonchev–Trinajstić information content (AvgIpc) is 2.35. The van der Waals surface area contributed by atoms with Gasteiger partial charge in [-0.15, -0.1) is 0 Å². The molecule has 6 heteroatoms. The molecule has 0 aromatic rings. The summed E-state index contributed by atoms with van der Waals surface area (Å²) in [5, 5.41) is 8.64. The lowest BCUT2D eigenvalue weighted by Gasteiger charge is -2.15. The topological polar surface area (TPSA) is 96.2 Å². The van der Waals surface area contributed by atoms with Crippen molar-refractivity contribution in [1.82, 2.24) is 16.0 Å². The molecule has 104 valence electrons. The highest BCUT2D eigenvalue weighted by Gasteiger charge is 2.15. The summed E-state index contributed by atoms with van der Waals surface area (Å²) in [4.78, 5) is 22.2. The summed E-state index contributed by atoms with van der Waals surface area (Å²) in [5.41, 5.74) is 6.08. The molecule has 1 atom stereocenters. The Kier molecular flexibility index (Phi) is 8.65. The molecule has 0 aromatic heterocycles. The van der Waals surface area contributed by atoms with Gasteiger partial charge in [0.2, 0.25) is 11.8 Å². The number of rotatable bonds is 9. The monoisotopic (exact) mass is 256 g/mol. The minimum atomic E-state index is -0.538. The molecular weight excluding hydrogens is 232 g/mol. The van der Waals surface area contributed by atoms with Crippen molar-refractivity contribution in [1.29, 1.82) is 0 Å². The van der Waals surface area contributed by atoms with Crippen LogP contribution in [0.4, 0.5) is 0 Å². The van der Waals surface area contributed by atoms with Crippen LogP contribution in [0.5, 0.6) is 0 Å². The Morgan fingerprint density at radius 2 is 2.00 bits per heavy atom. The average molecular weight is 256 g/mol. The summed E-state index contributed by atoms with van der Waals surface area (Å²) in [6.07, 6.45) is 3.56. The van der Waals surface area contributed by atoms with Gasteiger partial charge in [0.05, 0.1) is 12.6 Å². The highest BCUT2D eigenvalue weighted by atomic mass is 16.2. The molecule has 0 saturated heterocycles. The summed E-state index contributed by atoms with van der Waals surface area (Å²) in [5.74, 6) is -0.734. The molecular formula is C12H24N4O2. The van der Waals surface area contributed by atoms with Gasteiger partial charge in [0.25, 0.3) is 0 Å². The van der Waals surface area contributed by atoms with Crippen LogP contribution < -0.4 is 21.7 Å². The molecule has 0 rings (SSSR count). The van der Waals surface area contributed by atoms with E-state index in [2.05, 4.69) is 16.0 Å². The lowest BCUT2D eigenvalue weighted by molar-refractivity contribution is -0.126. The molecule has 2 amide bonds. The fourth-order valence-corrected chi connectivity index (χ4v) is 1.40. The fraction of sp³-hybridized carbons (Fsp3) is 0.667. The van der Waals surface area contributed by atoms with Crippen LogP contribution in [0.1, 0.15) is 26.7 Å². The highest BCUT2D eigenvalue weighted by Crippen LogP contribution is 1.97. The van der Waals surface area contributed by atoms with E-state index in [9.17, 15) is 9.59 Å². The Labute approximate surface area is 108 Å². The molecule has 0 fully saturated rings. The van der Waals surface area contributed by atoms with Crippen molar-refractivity contribution in [2.45, 2.75) is 32.7 Å². The van der Waals surface area contributed by atoms with Gasteiger partial charge in [0.1, 0.15) is 0 Å². The zero-order chi connectivity index (χ0) is 14.0. The Morgan fingerprint density at radius 1 is 1.33 bits per heavy atom. The van der Waals surface area contributed by atoms with E-state index in [0.717, 1.165) is 18.7 Å². The number of likely N-dealkylation sites (N-methyl/N-ethyl adjacent to an activating group) is 1. The first-order chi connectivity index (χ1) is 8.51. The molecule has 0 aliphatic heterocycles. The maximum absolute atomic E-state index is 11.6. The molecule has 6 nitrogen and oxygen atoms in total. The second-order valence-electron chi connectivity index (χ2n) is 4.07. The first kappa shape index (κ1) is 16.4. The molecule has 5 N–H and O–H groups in total. The number of nitrogens with two attached hydrogens (primary N) is 1. The zero-order valence-electron chi connectivity index (χ0n) is 11.4. The molecule has 1 unspecified atom stereocenters. The summed E-state index contributed by atoms with van der Waals surface area (Å²) >= 11 is 0. The number of carbonyl (C=O) groups excluding carboxylic acids is 2. The van der Waals surface area contributed by atoms with Crippen molar-refractivity contribution in [2.75, 3.05) is 20.1 Å². The van der Waals surface area contributed by atoms with E-state index in [-0.39, 0.29) is 18.5 Å². The molecule has 0 aliphatic carbocycles. The van der Waals surface area contributed by atoms with Crippen molar-refractivity contribution >= 4 is 11.8 Å². The summed E-state index contributed by atoms with van der Waals surface area (Å²) in [6.45, 7) is 4.66. The minimum Gasteiger partial charge on any atom is -0.389 e. The van der Waals surface area contributed by atoms with Gasteiger partial charge in [-0.05, 0) is 33.7 Å². The number of allylic oxidation sites excluding steroid dienone is 2. The number of primary amides is 1. The Hall–Kier alpha value is -1.56. The maximum Gasteiger partial charge on any atom is 0.237 e. The Bertz CT molecular complexity index is 302. The van der Waals surface area contributed by atoms with Crippen molar-refractivity contribution in [3.8, 4) is 0 Å². The predicted molar refractivity (Wildman–Crippen MR) is 71.7 cm³/mol. The van der Waals surface area contributed by atoms with Crippen molar-refractivity contribution in [3.05, 3.63) is 11.8 Å². The molecule has 0 radical (unpaired) electrons. The van der Waals surface area contributed by atoms with Gasteiger partial charge in [-0.3, -0.25) is 9.59 Å². The fourth-order valence-electron chi connectivity index (χ4n) is 1.40. The normalized spacial score (nSPS) is 12.9. The quantitative estimate of drug-likeness (QED) is 0.417. The molecule has 0 bridgehead atoms. The third kappa shape index (κ3) is 7.67. The molecule has 0 spiro atoms.